The van der Waals surface area contributed by atoms with Crippen molar-refractivity contribution in [3.05, 3.63) is 36.8 Å². The summed E-state index contributed by atoms with van der Waals surface area (Å²) in [4.78, 5) is 16.0. The topological polar surface area (TPSA) is 92.5 Å². The Bertz CT molecular complexity index is 713. The molecule has 4 N–H and O–H groups in total. The maximum atomic E-state index is 5.80. The summed E-state index contributed by atoms with van der Waals surface area (Å²) in [5.41, 5.74) is 10.3. The van der Waals surface area contributed by atoms with E-state index in [9.17, 15) is 0 Å². The van der Waals surface area contributed by atoms with Crippen LogP contribution >= 0.6 is 0 Å². The van der Waals surface area contributed by atoms with E-state index in [0.717, 1.165) is 34.0 Å². The van der Waals surface area contributed by atoms with Crippen LogP contribution in [0.4, 0.5) is 17.5 Å². The number of anilines is 3. The SMILES string of the molecule is Nc1nc2c([nH]1)-c1ccncc1Nc1ncccc1-2. The quantitative estimate of drug-likeness (QED) is 0.445. The molecule has 0 amide bonds. The van der Waals surface area contributed by atoms with Crippen molar-refractivity contribution in [1.82, 2.24) is 19.9 Å². The van der Waals surface area contributed by atoms with Crippen LogP contribution in [-0.4, -0.2) is 19.9 Å². The molecule has 4 heterocycles. The molecule has 0 atom stereocenters. The molecule has 0 unspecified atom stereocenters. The van der Waals surface area contributed by atoms with Crippen LogP contribution in [0.15, 0.2) is 36.8 Å². The minimum absolute atomic E-state index is 0.393. The molecule has 19 heavy (non-hydrogen) atoms. The van der Waals surface area contributed by atoms with Gasteiger partial charge in [-0.05, 0) is 18.2 Å². The van der Waals surface area contributed by atoms with Crippen molar-refractivity contribution in [3.8, 4) is 22.5 Å². The summed E-state index contributed by atoms with van der Waals surface area (Å²) in [6.07, 6.45) is 5.24. The maximum absolute atomic E-state index is 5.80. The molecule has 0 spiro atoms. The van der Waals surface area contributed by atoms with E-state index in [1.807, 2.05) is 18.2 Å². The number of aromatic amines is 1. The monoisotopic (exact) mass is 250 g/mol. The fraction of sp³-hybridized carbons (Fsp3) is 0. The number of pyridine rings is 2. The molecular weight excluding hydrogens is 240 g/mol. The van der Waals surface area contributed by atoms with Crippen LogP contribution in [-0.2, 0) is 0 Å². The summed E-state index contributed by atoms with van der Waals surface area (Å²) >= 11 is 0. The average Bonchev–Trinajstić information content (AvgIpc) is 2.76. The first kappa shape index (κ1) is 10.1. The van der Waals surface area contributed by atoms with Gasteiger partial charge in [0.15, 0.2) is 5.95 Å². The Morgan fingerprint density at radius 2 is 2.05 bits per heavy atom. The van der Waals surface area contributed by atoms with Crippen LogP contribution in [0.2, 0.25) is 0 Å². The zero-order chi connectivity index (χ0) is 12.8. The number of nitrogens with zero attached hydrogens (tertiary/aromatic N) is 3. The van der Waals surface area contributed by atoms with E-state index in [4.69, 9.17) is 5.73 Å². The summed E-state index contributed by atoms with van der Waals surface area (Å²) in [6, 6.07) is 5.77. The molecule has 92 valence electrons. The third-order valence-corrected chi connectivity index (χ3v) is 3.13. The van der Waals surface area contributed by atoms with E-state index in [1.165, 1.54) is 0 Å². The Morgan fingerprint density at radius 1 is 1.11 bits per heavy atom. The molecule has 0 saturated carbocycles. The lowest BCUT2D eigenvalue weighted by molar-refractivity contribution is 1.27. The summed E-state index contributed by atoms with van der Waals surface area (Å²) in [7, 11) is 0. The van der Waals surface area contributed by atoms with Crippen molar-refractivity contribution in [2.75, 3.05) is 11.1 Å². The van der Waals surface area contributed by atoms with Gasteiger partial charge in [0.25, 0.3) is 0 Å². The molecule has 0 saturated heterocycles. The van der Waals surface area contributed by atoms with Crippen LogP contribution in [0.5, 0.6) is 0 Å². The number of aromatic nitrogens is 4. The predicted octanol–water partition coefficient (Wildman–Crippen LogP) is 2.17. The minimum atomic E-state index is 0.393. The first-order valence-corrected chi connectivity index (χ1v) is 5.85. The standard InChI is InChI=1S/C13H10N6/c14-13-18-10-7-3-5-15-6-9(7)17-12-8(11(10)19-13)2-1-4-16-12/h1-6H,(H,16,17)(H3,14,18,19). The Balaban J connectivity index is 2.12. The highest BCUT2D eigenvalue weighted by Gasteiger charge is 2.22. The van der Waals surface area contributed by atoms with Gasteiger partial charge in [-0.3, -0.25) is 4.98 Å². The van der Waals surface area contributed by atoms with Crippen molar-refractivity contribution in [2.24, 2.45) is 0 Å². The second-order valence-electron chi connectivity index (χ2n) is 4.29. The highest BCUT2D eigenvalue weighted by molar-refractivity contribution is 5.94. The van der Waals surface area contributed by atoms with Gasteiger partial charge in [0.2, 0.25) is 0 Å². The van der Waals surface area contributed by atoms with Crippen molar-refractivity contribution in [2.45, 2.75) is 0 Å². The van der Waals surface area contributed by atoms with Gasteiger partial charge in [-0.25, -0.2) is 9.97 Å². The number of hydrogen-bond donors (Lipinski definition) is 3. The van der Waals surface area contributed by atoms with Crippen LogP contribution in [0.25, 0.3) is 22.5 Å². The summed E-state index contributed by atoms with van der Waals surface area (Å²) in [5, 5.41) is 3.28. The van der Waals surface area contributed by atoms with E-state index >= 15 is 0 Å². The molecule has 1 aliphatic rings. The fourth-order valence-corrected chi connectivity index (χ4v) is 2.32. The molecule has 4 rings (SSSR count). The lowest BCUT2D eigenvalue weighted by atomic mass is 10.1. The summed E-state index contributed by atoms with van der Waals surface area (Å²) < 4.78 is 0. The molecule has 6 nitrogen and oxygen atoms in total. The number of nitrogen functional groups attached to an aromatic ring is 1. The van der Waals surface area contributed by atoms with Crippen LogP contribution < -0.4 is 11.1 Å². The molecule has 6 heteroatoms. The Labute approximate surface area is 108 Å². The van der Waals surface area contributed by atoms with E-state index in [-0.39, 0.29) is 0 Å². The molecular formula is C13H10N6. The smallest absolute Gasteiger partial charge is 0.198 e. The third kappa shape index (κ3) is 1.40. The number of rotatable bonds is 0. The van der Waals surface area contributed by atoms with Gasteiger partial charge in [-0.1, -0.05) is 0 Å². The molecule has 3 aromatic rings. The maximum Gasteiger partial charge on any atom is 0.198 e. The molecule has 0 aliphatic carbocycles. The number of nitrogens with two attached hydrogens (primary N) is 1. The van der Waals surface area contributed by atoms with Gasteiger partial charge in [0.05, 0.1) is 17.6 Å². The second kappa shape index (κ2) is 3.55. The van der Waals surface area contributed by atoms with E-state index in [0.29, 0.717) is 5.95 Å². The first-order valence-electron chi connectivity index (χ1n) is 5.85. The van der Waals surface area contributed by atoms with Crippen molar-refractivity contribution in [3.63, 3.8) is 0 Å². The van der Waals surface area contributed by atoms with Crippen molar-refractivity contribution in [1.29, 1.82) is 0 Å². The number of hydrogen-bond acceptors (Lipinski definition) is 5. The highest BCUT2D eigenvalue weighted by atomic mass is 15.1. The van der Waals surface area contributed by atoms with Gasteiger partial charge in [0, 0.05) is 23.5 Å². The molecule has 1 aliphatic heterocycles. The molecule has 3 aromatic heterocycles. The van der Waals surface area contributed by atoms with Crippen molar-refractivity contribution >= 4 is 17.5 Å². The van der Waals surface area contributed by atoms with E-state index in [1.54, 1.807) is 18.6 Å². The fourth-order valence-electron chi connectivity index (χ4n) is 2.32. The molecule has 0 radical (unpaired) electrons. The molecule has 0 aromatic carbocycles. The number of fused-ring (bicyclic) bond motifs is 5. The van der Waals surface area contributed by atoms with Crippen LogP contribution in [0, 0.1) is 0 Å². The molecule has 0 bridgehead atoms. The van der Waals surface area contributed by atoms with Gasteiger partial charge in [-0.2, -0.15) is 0 Å². The zero-order valence-corrected chi connectivity index (χ0v) is 9.88. The lowest BCUT2D eigenvalue weighted by Crippen LogP contribution is -1.96. The normalized spacial score (nSPS) is 11.8. The summed E-state index contributed by atoms with van der Waals surface area (Å²) in [5.74, 6) is 1.14. The van der Waals surface area contributed by atoms with Crippen LogP contribution in [0.1, 0.15) is 0 Å². The van der Waals surface area contributed by atoms with E-state index in [2.05, 4.69) is 25.3 Å². The van der Waals surface area contributed by atoms with Gasteiger partial charge in [-0.15, -0.1) is 0 Å². The summed E-state index contributed by atoms with van der Waals surface area (Å²) in [6.45, 7) is 0. The Kier molecular flexibility index (Phi) is 1.88. The van der Waals surface area contributed by atoms with E-state index < -0.39 is 0 Å². The highest BCUT2D eigenvalue weighted by Crippen LogP contribution is 2.41. The number of nitrogens with one attached hydrogen (secondary N) is 2. The van der Waals surface area contributed by atoms with Gasteiger partial charge < -0.3 is 16.0 Å². The number of H-pyrrole nitrogens is 1. The number of imidazole rings is 1. The van der Waals surface area contributed by atoms with Crippen molar-refractivity contribution < 1.29 is 0 Å². The Morgan fingerprint density at radius 3 is 3.00 bits per heavy atom. The second-order valence-corrected chi connectivity index (χ2v) is 4.29. The largest absolute Gasteiger partial charge is 0.369 e. The van der Waals surface area contributed by atoms with Crippen LogP contribution in [0.3, 0.4) is 0 Å². The first-order chi connectivity index (χ1) is 9.33. The Hall–Kier alpha value is -2.89. The zero-order valence-electron chi connectivity index (χ0n) is 9.88. The van der Waals surface area contributed by atoms with Gasteiger partial charge >= 0.3 is 0 Å². The molecule has 0 fully saturated rings. The van der Waals surface area contributed by atoms with Gasteiger partial charge in [0.1, 0.15) is 11.5 Å². The lowest BCUT2D eigenvalue weighted by Gasteiger charge is -2.07. The third-order valence-electron chi connectivity index (χ3n) is 3.13. The predicted molar refractivity (Wildman–Crippen MR) is 72.7 cm³/mol. The minimum Gasteiger partial charge on any atom is -0.369 e. The average molecular weight is 250 g/mol.